The third-order valence-corrected chi connectivity index (χ3v) is 5.01. The maximum Gasteiger partial charge on any atom is 0.308 e. The van der Waals surface area contributed by atoms with Crippen molar-refractivity contribution in [1.82, 2.24) is 4.90 Å². The van der Waals surface area contributed by atoms with E-state index in [0.29, 0.717) is 16.9 Å². The molecule has 1 amide bonds. The van der Waals surface area contributed by atoms with E-state index in [2.05, 4.69) is 0 Å². The summed E-state index contributed by atoms with van der Waals surface area (Å²) in [6.07, 6.45) is -0.0138. The van der Waals surface area contributed by atoms with Crippen molar-refractivity contribution in [2.24, 2.45) is 0 Å². The number of nitrogens with zero attached hydrogens (tertiary/aromatic N) is 1. The van der Waals surface area contributed by atoms with E-state index in [1.54, 1.807) is 48.5 Å². The predicted octanol–water partition coefficient (Wildman–Crippen LogP) is 3.47. The van der Waals surface area contributed by atoms with Crippen LogP contribution in [0.3, 0.4) is 0 Å². The van der Waals surface area contributed by atoms with Gasteiger partial charge in [-0.25, -0.2) is 0 Å². The Morgan fingerprint density at radius 1 is 1.09 bits per heavy atom. The van der Waals surface area contributed by atoms with E-state index in [9.17, 15) is 19.5 Å². The standard InChI is InChI=1S/C25H27NO7/c1-15(2)32-19-10-8-17(9-11-19)23(28)21-22(26(12-13-31-4)25(30)24(21)29)18-6-5-7-20(14-18)33-16(3)27/h5-11,14-15,22,28H,12-13H2,1-4H3/b23-21-. The molecule has 2 aromatic rings. The molecule has 33 heavy (non-hydrogen) atoms. The second-order valence-electron chi connectivity index (χ2n) is 7.84. The van der Waals surface area contributed by atoms with Crippen LogP contribution in [0.1, 0.15) is 37.9 Å². The van der Waals surface area contributed by atoms with Crippen LogP contribution >= 0.6 is 0 Å². The lowest BCUT2D eigenvalue weighted by Gasteiger charge is -2.25. The number of carbonyl (C=O) groups excluding carboxylic acids is 3. The molecule has 0 radical (unpaired) electrons. The Kier molecular flexibility index (Phi) is 7.50. The maximum atomic E-state index is 13.0. The fraction of sp³-hybridized carbons (Fsp3) is 0.320. The Balaban J connectivity index is 2.09. The van der Waals surface area contributed by atoms with Gasteiger partial charge in [0.05, 0.1) is 24.3 Å². The zero-order valence-corrected chi connectivity index (χ0v) is 19.0. The largest absolute Gasteiger partial charge is 0.507 e. The van der Waals surface area contributed by atoms with Crippen LogP contribution in [-0.4, -0.2) is 54.0 Å². The number of aliphatic hydroxyl groups is 1. The summed E-state index contributed by atoms with van der Waals surface area (Å²) in [5.74, 6) is -1.44. The van der Waals surface area contributed by atoms with Crippen LogP contribution in [0.5, 0.6) is 11.5 Å². The van der Waals surface area contributed by atoms with Gasteiger partial charge < -0.3 is 24.2 Å². The number of methoxy groups -OCH3 is 1. The summed E-state index contributed by atoms with van der Waals surface area (Å²) in [5, 5.41) is 11.1. The molecule has 3 rings (SSSR count). The highest BCUT2D eigenvalue weighted by Crippen LogP contribution is 2.40. The van der Waals surface area contributed by atoms with Gasteiger partial charge in [0.1, 0.15) is 17.3 Å². The first-order chi connectivity index (χ1) is 15.7. The summed E-state index contributed by atoms with van der Waals surface area (Å²) in [6, 6.07) is 12.3. The Bertz CT molecular complexity index is 1070. The lowest BCUT2D eigenvalue weighted by atomic mass is 9.95. The van der Waals surface area contributed by atoms with Gasteiger partial charge in [0.15, 0.2) is 0 Å². The van der Waals surface area contributed by atoms with Gasteiger partial charge >= 0.3 is 5.97 Å². The zero-order valence-electron chi connectivity index (χ0n) is 19.0. The molecule has 8 nitrogen and oxygen atoms in total. The van der Waals surface area contributed by atoms with E-state index in [4.69, 9.17) is 14.2 Å². The average molecular weight is 453 g/mol. The molecule has 0 spiro atoms. The van der Waals surface area contributed by atoms with E-state index < -0.39 is 23.7 Å². The summed E-state index contributed by atoms with van der Waals surface area (Å²) in [7, 11) is 1.49. The number of carbonyl (C=O) groups is 3. The monoisotopic (exact) mass is 453 g/mol. The lowest BCUT2D eigenvalue weighted by Crippen LogP contribution is -2.32. The fourth-order valence-corrected chi connectivity index (χ4v) is 3.68. The predicted molar refractivity (Wildman–Crippen MR) is 121 cm³/mol. The van der Waals surface area contributed by atoms with E-state index in [-0.39, 0.29) is 36.3 Å². The first kappa shape index (κ1) is 24.0. The van der Waals surface area contributed by atoms with Crippen LogP contribution in [0.2, 0.25) is 0 Å². The number of benzene rings is 2. The molecule has 1 saturated heterocycles. The smallest absolute Gasteiger partial charge is 0.308 e. The second kappa shape index (κ2) is 10.3. The van der Waals surface area contributed by atoms with Crippen molar-refractivity contribution in [3.05, 3.63) is 65.2 Å². The summed E-state index contributed by atoms with van der Waals surface area (Å²) in [5.41, 5.74) is 0.843. The first-order valence-electron chi connectivity index (χ1n) is 10.6. The number of Topliss-reactive ketones (excluding diaryl/α,β-unsaturated/α-hetero) is 1. The molecule has 0 aliphatic carbocycles. The number of ether oxygens (including phenoxy) is 3. The van der Waals surface area contributed by atoms with Gasteiger partial charge in [0.25, 0.3) is 11.7 Å². The SMILES string of the molecule is COCCN1C(=O)C(=O)/C(=C(\O)c2ccc(OC(C)C)cc2)C1c1cccc(OC(C)=O)c1. The van der Waals surface area contributed by atoms with Gasteiger partial charge in [-0.15, -0.1) is 0 Å². The minimum atomic E-state index is -0.873. The van der Waals surface area contributed by atoms with Crippen molar-refractivity contribution >= 4 is 23.4 Å². The Morgan fingerprint density at radius 3 is 2.39 bits per heavy atom. The van der Waals surface area contributed by atoms with Crippen LogP contribution < -0.4 is 9.47 Å². The van der Waals surface area contributed by atoms with Gasteiger partial charge in [-0.05, 0) is 55.8 Å². The number of esters is 1. The van der Waals surface area contributed by atoms with E-state index in [1.807, 2.05) is 13.8 Å². The molecule has 1 N–H and O–H groups in total. The highest BCUT2D eigenvalue weighted by Gasteiger charge is 2.46. The highest BCUT2D eigenvalue weighted by atomic mass is 16.5. The zero-order chi connectivity index (χ0) is 24.1. The summed E-state index contributed by atoms with van der Waals surface area (Å²) >= 11 is 0. The minimum Gasteiger partial charge on any atom is -0.507 e. The molecule has 174 valence electrons. The van der Waals surface area contributed by atoms with E-state index in [0.717, 1.165) is 0 Å². The summed E-state index contributed by atoms with van der Waals surface area (Å²) in [4.78, 5) is 38.6. The quantitative estimate of drug-likeness (QED) is 0.215. The van der Waals surface area contributed by atoms with Gasteiger partial charge in [-0.2, -0.15) is 0 Å². The number of rotatable bonds is 8. The number of amides is 1. The van der Waals surface area contributed by atoms with Crippen LogP contribution in [0.15, 0.2) is 54.1 Å². The molecular weight excluding hydrogens is 426 g/mol. The summed E-state index contributed by atoms with van der Waals surface area (Å²) < 4.78 is 15.9. The molecule has 8 heteroatoms. The number of ketones is 1. The van der Waals surface area contributed by atoms with Crippen molar-refractivity contribution in [2.75, 3.05) is 20.3 Å². The van der Waals surface area contributed by atoms with Gasteiger partial charge in [-0.3, -0.25) is 14.4 Å². The number of hydrogen-bond donors (Lipinski definition) is 1. The molecule has 1 atom stereocenters. The molecule has 0 aromatic heterocycles. The third-order valence-electron chi connectivity index (χ3n) is 5.01. The van der Waals surface area contributed by atoms with Gasteiger partial charge in [-0.1, -0.05) is 12.1 Å². The molecule has 1 unspecified atom stereocenters. The lowest BCUT2D eigenvalue weighted by molar-refractivity contribution is -0.140. The van der Waals surface area contributed by atoms with Crippen LogP contribution in [0.4, 0.5) is 0 Å². The van der Waals surface area contributed by atoms with Crippen LogP contribution in [0.25, 0.3) is 5.76 Å². The molecule has 0 saturated carbocycles. The maximum absolute atomic E-state index is 13.0. The topological polar surface area (TPSA) is 102 Å². The number of aliphatic hydroxyl groups excluding tert-OH is 1. The third kappa shape index (κ3) is 5.40. The van der Waals surface area contributed by atoms with Crippen molar-refractivity contribution in [2.45, 2.75) is 32.9 Å². The number of hydrogen-bond acceptors (Lipinski definition) is 7. The molecule has 1 fully saturated rings. The van der Waals surface area contributed by atoms with E-state index in [1.165, 1.54) is 18.9 Å². The van der Waals surface area contributed by atoms with Crippen molar-refractivity contribution in [3.8, 4) is 11.5 Å². The molecule has 1 aliphatic rings. The second-order valence-corrected chi connectivity index (χ2v) is 7.84. The molecule has 1 aliphatic heterocycles. The highest BCUT2D eigenvalue weighted by molar-refractivity contribution is 6.46. The molecule has 1 heterocycles. The minimum absolute atomic E-state index is 0.0138. The van der Waals surface area contributed by atoms with Crippen LogP contribution in [0, 0.1) is 0 Å². The average Bonchev–Trinajstić information content (AvgIpc) is 3.02. The first-order valence-corrected chi connectivity index (χ1v) is 10.6. The normalized spacial score (nSPS) is 17.5. The molecule has 0 bridgehead atoms. The number of likely N-dealkylation sites (tertiary alicyclic amines) is 1. The molecule has 2 aromatic carbocycles. The van der Waals surface area contributed by atoms with Gasteiger partial charge in [0, 0.05) is 26.1 Å². The molecular formula is C25H27NO7. The van der Waals surface area contributed by atoms with Crippen LogP contribution in [-0.2, 0) is 19.1 Å². The van der Waals surface area contributed by atoms with Crippen molar-refractivity contribution < 1.29 is 33.7 Å². The van der Waals surface area contributed by atoms with Crippen molar-refractivity contribution in [3.63, 3.8) is 0 Å². The van der Waals surface area contributed by atoms with E-state index >= 15 is 0 Å². The summed E-state index contributed by atoms with van der Waals surface area (Å²) in [6.45, 7) is 5.43. The van der Waals surface area contributed by atoms with Gasteiger partial charge in [0.2, 0.25) is 0 Å². The Morgan fingerprint density at radius 2 is 1.79 bits per heavy atom. The Hall–Kier alpha value is -3.65. The van der Waals surface area contributed by atoms with Crippen molar-refractivity contribution in [1.29, 1.82) is 0 Å². The fourth-order valence-electron chi connectivity index (χ4n) is 3.68. The Labute approximate surface area is 192 Å².